The maximum atomic E-state index is 5.88. The second-order valence-corrected chi connectivity index (χ2v) is 2.96. The van der Waals surface area contributed by atoms with Crippen molar-refractivity contribution in [2.75, 3.05) is 13.7 Å². The van der Waals surface area contributed by atoms with Crippen LogP contribution in [0.5, 0.6) is 5.75 Å². The van der Waals surface area contributed by atoms with Crippen LogP contribution >= 0.6 is 0 Å². The van der Waals surface area contributed by atoms with Crippen molar-refractivity contribution in [3.8, 4) is 5.75 Å². The van der Waals surface area contributed by atoms with Gasteiger partial charge in [0.25, 0.3) is 0 Å². The molecule has 0 aliphatic carbocycles. The lowest BCUT2D eigenvalue weighted by Crippen LogP contribution is -2.15. The molecule has 0 unspecified atom stereocenters. The van der Waals surface area contributed by atoms with Crippen LogP contribution in [0.3, 0.4) is 0 Å². The standard InChI is InChI=1S/C10H16N2O/c1-13-9-4-2-8(3-5-9)10(12)6-7-11/h2-5,10H,6-7,11-12H2,1H3/t10-/m1/s1. The van der Waals surface area contributed by atoms with Crippen LogP contribution in [0.2, 0.25) is 0 Å². The van der Waals surface area contributed by atoms with Crippen molar-refractivity contribution >= 4 is 0 Å². The number of rotatable bonds is 4. The van der Waals surface area contributed by atoms with Gasteiger partial charge in [0, 0.05) is 6.04 Å². The van der Waals surface area contributed by atoms with Gasteiger partial charge in [-0.1, -0.05) is 12.1 Å². The Morgan fingerprint density at radius 2 is 1.92 bits per heavy atom. The first-order valence-corrected chi connectivity index (χ1v) is 4.37. The van der Waals surface area contributed by atoms with Crippen molar-refractivity contribution in [1.29, 1.82) is 0 Å². The molecule has 3 heteroatoms. The first-order valence-electron chi connectivity index (χ1n) is 4.37. The average Bonchev–Trinajstić information content (AvgIpc) is 2.18. The van der Waals surface area contributed by atoms with E-state index in [0.717, 1.165) is 17.7 Å². The molecule has 13 heavy (non-hydrogen) atoms. The highest BCUT2D eigenvalue weighted by Gasteiger charge is 2.03. The van der Waals surface area contributed by atoms with Crippen LogP contribution in [0.1, 0.15) is 18.0 Å². The first kappa shape index (κ1) is 10.0. The fourth-order valence-electron chi connectivity index (χ4n) is 1.20. The summed E-state index contributed by atoms with van der Waals surface area (Å²) in [6.07, 6.45) is 0.812. The average molecular weight is 180 g/mol. The highest BCUT2D eigenvalue weighted by molar-refractivity contribution is 5.28. The van der Waals surface area contributed by atoms with Gasteiger partial charge in [-0.15, -0.1) is 0 Å². The Bertz CT molecular complexity index is 246. The molecule has 0 fully saturated rings. The van der Waals surface area contributed by atoms with Gasteiger partial charge in [0.05, 0.1) is 7.11 Å². The second-order valence-electron chi connectivity index (χ2n) is 2.96. The van der Waals surface area contributed by atoms with Crippen LogP contribution in [-0.4, -0.2) is 13.7 Å². The Balaban J connectivity index is 2.67. The summed E-state index contributed by atoms with van der Waals surface area (Å²) < 4.78 is 5.04. The van der Waals surface area contributed by atoms with Gasteiger partial charge in [0.2, 0.25) is 0 Å². The van der Waals surface area contributed by atoms with Gasteiger partial charge in [-0.3, -0.25) is 0 Å². The molecular weight excluding hydrogens is 164 g/mol. The van der Waals surface area contributed by atoms with Gasteiger partial charge >= 0.3 is 0 Å². The maximum Gasteiger partial charge on any atom is 0.118 e. The SMILES string of the molecule is COc1ccc([C@H](N)CCN)cc1. The van der Waals surface area contributed by atoms with Gasteiger partial charge in [-0.05, 0) is 30.7 Å². The molecule has 1 aromatic carbocycles. The third-order valence-electron chi connectivity index (χ3n) is 2.02. The van der Waals surface area contributed by atoms with Gasteiger partial charge < -0.3 is 16.2 Å². The molecule has 0 radical (unpaired) electrons. The van der Waals surface area contributed by atoms with Gasteiger partial charge in [0.15, 0.2) is 0 Å². The highest BCUT2D eigenvalue weighted by atomic mass is 16.5. The highest BCUT2D eigenvalue weighted by Crippen LogP contribution is 2.17. The zero-order valence-corrected chi connectivity index (χ0v) is 7.86. The van der Waals surface area contributed by atoms with Crippen molar-refractivity contribution in [3.63, 3.8) is 0 Å². The van der Waals surface area contributed by atoms with Gasteiger partial charge in [-0.25, -0.2) is 0 Å². The molecule has 3 nitrogen and oxygen atoms in total. The van der Waals surface area contributed by atoms with E-state index >= 15 is 0 Å². The number of nitrogens with two attached hydrogens (primary N) is 2. The summed E-state index contributed by atoms with van der Waals surface area (Å²) in [4.78, 5) is 0. The molecular formula is C10H16N2O. The predicted molar refractivity (Wildman–Crippen MR) is 53.6 cm³/mol. The Morgan fingerprint density at radius 1 is 1.31 bits per heavy atom. The summed E-state index contributed by atoms with van der Waals surface area (Å²) >= 11 is 0. The van der Waals surface area contributed by atoms with E-state index in [-0.39, 0.29) is 6.04 Å². The number of benzene rings is 1. The molecule has 0 aliphatic rings. The second kappa shape index (κ2) is 4.84. The topological polar surface area (TPSA) is 61.3 Å². The molecule has 0 aromatic heterocycles. The number of hydrogen-bond acceptors (Lipinski definition) is 3. The van der Waals surface area contributed by atoms with E-state index in [1.165, 1.54) is 0 Å². The van der Waals surface area contributed by atoms with E-state index in [4.69, 9.17) is 16.2 Å². The third-order valence-corrected chi connectivity index (χ3v) is 2.02. The van der Waals surface area contributed by atoms with Crippen LogP contribution < -0.4 is 16.2 Å². The summed E-state index contributed by atoms with van der Waals surface area (Å²) in [5, 5.41) is 0. The Morgan fingerprint density at radius 3 is 2.38 bits per heavy atom. The van der Waals surface area contributed by atoms with Crippen LogP contribution in [0.25, 0.3) is 0 Å². The lowest BCUT2D eigenvalue weighted by Gasteiger charge is -2.10. The summed E-state index contributed by atoms with van der Waals surface area (Å²) in [5.41, 5.74) is 12.4. The lowest BCUT2D eigenvalue weighted by atomic mass is 10.1. The van der Waals surface area contributed by atoms with E-state index in [2.05, 4.69) is 0 Å². The smallest absolute Gasteiger partial charge is 0.118 e. The van der Waals surface area contributed by atoms with Gasteiger partial charge in [0.1, 0.15) is 5.75 Å². The number of ether oxygens (including phenoxy) is 1. The molecule has 1 rings (SSSR count). The molecule has 0 amide bonds. The third kappa shape index (κ3) is 2.72. The van der Waals surface area contributed by atoms with E-state index < -0.39 is 0 Å². The molecule has 1 aromatic rings. The molecule has 0 saturated heterocycles. The molecule has 72 valence electrons. The number of hydrogen-bond donors (Lipinski definition) is 2. The van der Waals surface area contributed by atoms with Crippen LogP contribution in [0.15, 0.2) is 24.3 Å². The number of methoxy groups -OCH3 is 1. The van der Waals surface area contributed by atoms with Crippen molar-refractivity contribution in [2.24, 2.45) is 11.5 Å². The summed E-state index contributed by atoms with van der Waals surface area (Å²) in [6.45, 7) is 0.618. The summed E-state index contributed by atoms with van der Waals surface area (Å²) in [5.74, 6) is 0.851. The molecule has 1 atom stereocenters. The molecule has 4 N–H and O–H groups in total. The van der Waals surface area contributed by atoms with Crippen molar-refractivity contribution in [3.05, 3.63) is 29.8 Å². The van der Waals surface area contributed by atoms with E-state index in [1.54, 1.807) is 7.11 Å². The van der Waals surface area contributed by atoms with E-state index in [1.807, 2.05) is 24.3 Å². The predicted octanol–water partition coefficient (Wildman–Crippen LogP) is 1.04. The normalized spacial score (nSPS) is 12.5. The summed E-state index contributed by atoms with van der Waals surface area (Å²) in [6, 6.07) is 7.80. The van der Waals surface area contributed by atoms with E-state index in [0.29, 0.717) is 6.54 Å². The Kier molecular flexibility index (Phi) is 3.73. The molecule has 0 spiro atoms. The minimum atomic E-state index is 0.0379. The lowest BCUT2D eigenvalue weighted by molar-refractivity contribution is 0.414. The Hall–Kier alpha value is -1.06. The molecule has 0 aliphatic heterocycles. The van der Waals surface area contributed by atoms with Gasteiger partial charge in [-0.2, -0.15) is 0 Å². The zero-order chi connectivity index (χ0) is 9.68. The molecule has 0 heterocycles. The van der Waals surface area contributed by atoms with Crippen molar-refractivity contribution in [1.82, 2.24) is 0 Å². The first-order chi connectivity index (χ1) is 6.27. The largest absolute Gasteiger partial charge is 0.497 e. The quantitative estimate of drug-likeness (QED) is 0.728. The molecule has 0 bridgehead atoms. The maximum absolute atomic E-state index is 5.88. The van der Waals surface area contributed by atoms with Crippen LogP contribution in [0.4, 0.5) is 0 Å². The van der Waals surface area contributed by atoms with E-state index in [9.17, 15) is 0 Å². The fourth-order valence-corrected chi connectivity index (χ4v) is 1.20. The minimum Gasteiger partial charge on any atom is -0.497 e. The zero-order valence-electron chi connectivity index (χ0n) is 7.86. The van der Waals surface area contributed by atoms with Crippen LogP contribution in [-0.2, 0) is 0 Å². The van der Waals surface area contributed by atoms with Crippen LogP contribution in [0, 0.1) is 0 Å². The Labute approximate surface area is 78.7 Å². The minimum absolute atomic E-state index is 0.0379. The van der Waals surface area contributed by atoms with Crippen molar-refractivity contribution in [2.45, 2.75) is 12.5 Å². The fraction of sp³-hybridized carbons (Fsp3) is 0.400. The molecule has 0 saturated carbocycles. The monoisotopic (exact) mass is 180 g/mol. The van der Waals surface area contributed by atoms with Crippen molar-refractivity contribution < 1.29 is 4.74 Å². The summed E-state index contributed by atoms with van der Waals surface area (Å²) in [7, 11) is 1.65.